The first kappa shape index (κ1) is 20.1. The lowest BCUT2D eigenvalue weighted by molar-refractivity contribution is 0.103. The van der Waals surface area contributed by atoms with Gasteiger partial charge in [0.25, 0.3) is 0 Å². The van der Waals surface area contributed by atoms with E-state index >= 15 is 0 Å². The van der Waals surface area contributed by atoms with E-state index in [1.165, 1.54) is 0 Å². The normalized spacial score (nSPS) is 13.7. The van der Waals surface area contributed by atoms with Crippen molar-refractivity contribution in [3.05, 3.63) is 29.5 Å². The summed E-state index contributed by atoms with van der Waals surface area (Å²) in [5.41, 5.74) is 1.74. The number of hydrogen-bond acceptors (Lipinski definition) is 4. The van der Waals surface area contributed by atoms with Gasteiger partial charge in [-0.3, -0.25) is 0 Å². The third-order valence-electron chi connectivity index (χ3n) is 4.99. The summed E-state index contributed by atoms with van der Waals surface area (Å²) in [7, 11) is 1.63. The number of rotatable bonds is 8. The van der Waals surface area contributed by atoms with E-state index in [0.29, 0.717) is 5.76 Å². The van der Waals surface area contributed by atoms with Crippen molar-refractivity contribution < 1.29 is 19.1 Å². The van der Waals surface area contributed by atoms with Gasteiger partial charge in [0.1, 0.15) is 17.1 Å². The molecule has 3 N–H and O–H groups in total. The fraction of sp³-hybridized carbons (Fsp3) is 0.550. The standard InChI is InChI=1S/C20H30N2O4/c1-6-14(7-2)17(23)11-21-20(24)22-13(4)19-12(3)16-10-15(25-5)8-9-18(16)26-19/h8-10,13-14,17,23H,6-7,11H2,1-5H3,(H2,21,22,24). The molecule has 0 aliphatic rings. The summed E-state index contributed by atoms with van der Waals surface area (Å²) in [5, 5.41) is 16.7. The molecule has 2 amide bonds. The number of furan rings is 1. The molecule has 0 saturated heterocycles. The number of aliphatic hydroxyl groups excluding tert-OH is 1. The quantitative estimate of drug-likeness (QED) is 0.665. The summed E-state index contributed by atoms with van der Waals surface area (Å²) in [5.74, 6) is 1.67. The number of benzene rings is 1. The van der Waals surface area contributed by atoms with Crippen LogP contribution in [0, 0.1) is 12.8 Å². The van der Waals surface area contributed by atoms with Crippen LogP contribution in [0.15, 0.2) is 22.6 Å². The van der Waals surface area contributed by atoms with E-state index in [1.54, 1.807) is 7.11 Å². The number of hydrogen-bond donors (Lipinski definition) is 3. The van der Waals surface area contributed by atoms with Crippen molar-refractivity contribution in [3.63, 3.8) is 0 Å². The summed E-state index contributed by atoms with van der Waals surface area (Å²) < 4.78 is 11.2. The smallest absolute Gasteiger partial charge is 0.315 e. The average molecular weight is 362 g/mol. The summed E-state index contributed by atoms with van der Waals surface area (Å²) in [4.78, 5) is 12.2. The molecule has 0 bridgehead atoms. The van der Waals surface area contributed by atoms with E-state index in [-0.39, 0.29) is 24.5 Å². The molecule has 144 valence electrons. The van der Waals surface area contributed by atoms with Crippen LogP contribution >= 0.6 is 0 Å². The van der Waals surface area contributed by atoms with E-state index in [0.717, 1.165) is 35.1 Å². The molecule has 1 aromatic heterocycles. The van der Waals surface area contributed by atoms with Gasteiger partial charge in [0.05, 0.1) is 19.3 Å². The first-order chi connectivity index (χ1) is 12.4. The van der Waals surface area contributed by atoms with Crippen LogP contribution in [0.25, 0.3) is 11.0 Å². The highest BCUT2D eigenvalue weighted by Gasteiger charge is 2.20. The number of urea groups is 1. The third-order valence-corrected chi connectivity index (χ3v) is 4.99. The highest BCUT2D eigenvalue weighted by Crippen LogP contribution is 2.31. The minimum Gasteiger partial charge on any atom is -0.497 e. The maximum Gasteiger partial charge on any atom is 0.315 e. The second kappa shape index (κ2) is 8.94. The molecule has 1 aromatic carbocycles. The number of fused-ring (bicyclic) bond motifs is 1. The second-order valence-electron chi connectivity index (χ2n) is 6.67. The first-order valence-electron chi connectivity index (χ1n) is 9.20. The van der Waals surface area contributed by atoms with Crippen LogP contribution in [0.5, 0.6) is 5.75 Å². The number of methoxy groups -OCH3 is 1. The molecule has 0 radical (unpaired) electrons. The summed E-state index contributed by atoms with van der Waals surface area (Å²) in [6.07, 6.45) is 1.24. The Morgan fingerprint density at radius 3 is 2.62 bits per heavy atom. The molecule has 6 heteroatoms. The highest BCUT2D eigenvalue weighted by molar-refractivity contribution is 5.84. The Hall–Kier alpha value is -2.21. The summed E-state index contributed by atoms with van der Waals surface area (Å²) in [6, 6.07) is 5.03. The van der Waals surface area contributed by atoms with Gasteiger partial charge in [-0.25, -0.2) is 4.79 Å². The van der Waals surface area contributed by atoms with Crippen LogP contribution in [0.2, 0.25) is 0 Å². The lowest BCUT2D eigenvalue weighted by Gasteiger charge is -2.21. The van der Waals surface area contributed by atoms with Crippen LogP contribution in [0.1, 0.15) is 51.0 Å². The lowest BCUT2D eigenvalue weighted by Crippen LogP contribution is -2.42. The minimum atomic E-state index is -0.536. The van der Waals surface area contributed by atoms with Gasteiger partial charge in [-0.15, -0.1) is 0 Å². The molecule has 1 heterocycles. The molecule has 2 rings (SSSR count). The van der Waals surface area contributed by atoms with Crippen molar-refractivity contribution in [3.8, 4) is 5.75 Å². The number of nitrogens with one attached hydrogen (secondary N) is 2. The molecule has 6 nitrogen and oxygen atoms in total. The molecule has 0 saturated carbocycles. The molecular weight excluding hydrogens is 332 g/mol. The Morgan fingerprint density at radius 2 is 2.00 bits per heavy atom. The van der Waals surface area contributed by atoms with Crippen molar-refractivity contribution in [2.24, 2.45) is 5.92 Å². The molecular formula is C20H30N2O4. The summed E-state index contributed by atoms with van der Waals surface area (Å²) >= 11 is 0. The molecule has 2 unspecified atom stereocenters. The number of amides is 2. The number of ether oxygens (including phenoxy) is 1. The second-order valence-corrected chi connectivity index (χ2v) is 6.67. The van der Waals surface area contributed by atoms with Crippen molar-refractivity contribution in [1.29, 1.82) is 0 Å². The Bertz CT molecular complexity index is 737. The van der Waals surface area contributed by atoms with Gasteiger partial charge >= 0.3 is 6.03 Å². The molecule has 0 aliphatic carbocycles. The maximum absolute atomic E-state index is 12.2. The summed E-state index contributed by atoms with van der Waals surface area (Å²) in [6.45, 7) is 8.16. The molecule has 2 aromatic rings. The Balaban J connectivity index is 2.01. The average Bonchev–Trinajstić information content (AvgIpc) is 2.97. The zero-order valence-electron chi connectivity index (χ0n) is 16.3. The minimum absolute atomic E-state index is 0.195. The van der Waals surface area contributed by atoms with Gasteiger partial charge in [-0.2, -0.15) is 0 Å². The van der Waals surface area contributed by atoms with Crippen molar-refractivity contribution >= 4 is 17.0 Å². The maximum atomic E-state index is 12.2. The SMILES string of the molecule is CCC(CC)C(O)CNC(=O)NC(C)c1oc2ccc(OC)cc2c1C. The fourth-order valence-electron chi connectivity index (χ4n) is 3.27. The van der Waals surface area contributed by atoms with Gasteiger partial charge in [0.15, 0.2) is 0 Å². The van der Waals surface area contributed by atoms with Crippen molar-refractivity contribution in [2.75, 3.05) is 13.7 Å². The fourth-order valence-corrected chi connectivity index (χ4v) is 3.27. The number of aryl methyl sites for hydroxylation is 1. The van der Waals surface area contributed by atoms with Gasteiger partial charge in [-0.05, 0) is 38.0 Å². The van der Waals surface area contributed by atoms with E-state index in [2.05, 4.69) is 10.6 Å². The number of aliphatic hydroxyl groups is 1. The molecule has 2 atom stereocenters. The van der Waals surface area contributed by atoms with Crippen LogP contribution in [0.4, 0.5) is 4.79 Å². The predicted octanol–water partition coefficient (Wildman–Crippen LogP) is 3.91. The molecule has 26 heavy (non-hydrogen) atoms. The van der Waals surface area contributed by atoms with E-state index < -0.39 is 6.10 Å². The Labute approximate surface area is 154 Å². The zero-order valence-corrected chi connectivity index (χ0v) is 16.3. The van der Waals surface area contributed by atoms with Gasteiger partial charge in [-0.1, -0.05) is 26.7 Å². The number of carbonyl (C=O) groups is 1. The van der Waals surface area contributed by atoms with Crippen LogP contribution in [-0.2, 0) is 0 Å². The van der Waals surface area contributed by atoms with Crippen LogP contribution in [-0.4, -0.2) is 30.9 Å². The highest BCUT2D eigenvalue weighted by atomic mass is 16.5. The van der Waals surface area contributed by atoms with Crippen molar-refractivity contribution in [1.82, 2.24) is 10.6 Å². The largest absolute Gasteiger partial charge is 0.497 e. The van der Waals surface area contributed by atoms with E-state index in [9.17, 15) is 9.90 Å². The van der Waals surface area contributed by atoms with Gasteiger partial charge < -0.3 is 24.9 Å². The van der Waals surface area contributed by atoms with Crippen LogP contribution < -0.4 is 15.4 Å². The number of carbonyl (C=O) groups excluding carboxylic acids is 1. The lowest BCUT2D eigenvalue weighted by atomic mass is 9.97. The Kier molecular flexibility index (Phi) is 6.91. The monoisotopic (exact) mass is 362 g/mol. The topological polar surface area (TPSA) is 83.7 Å². The van der Waals surface area contributed by atoms with Gasteiger partial charge in [0, 0.05) is 17.5 Å². The van der Waals surface area contributed by atoms with E-state index in [1.807, 2.05) is 45.9 Å². The van der Waals surface area contributed by atoms with Crippen LogP contribution in [0.3, 0.4) is 0 Å². The van der Waals surface area contributed by atoms with E-state index in [4.69, 9.17) is 9.15 Å². The van der Waals surface area contributed by atoms with Crippen molar-refractivity contribution in [2.45, 2.75) is 52.7 Å². The molecule has 0 fully saturated rings. The first-order valence-corrected chi connectivity index (χ1v) is 9.20. The van der Waals surface area contributed by atoms with Gasteiger partial charge in [0.2, 0.25) is 0 Å². The Morgan fingerprint density at radius 1 is 1.31 bits per heavy atom. The third kappa shape index (κ3) is 4.49. The molecule has 0 aliphatic heterocycles. The zero-order chi connectivity index (χ0) is 19.3. The molecule has 0 spiro atoms. The predicted molar refractivity (Wildman–Crippen MR) is 103 cm³/mol.